The van der Waals surface area contributed by atoms with E-state index in [1.54, 1.807) is 4.68 Å². The van der Waals surface area contributed by atoms with Crippen molar-refractivity contribution < 1.29 is 9.53 Å². The van der Waals surface area contributed by atoms with Crippen molar-refractivity contribution in [3.05, 3.63) is 24.3 Å². The Labute approximate surface area is 158 Å². The Hall–Kier alpha value is -1.89. The van der Waals surface area contributed by atoms with Crippen LogP contribution >= 0.6 is 11.8 Å². The molecule has 0 radical (unpaired) electrons. The Morgan fingerprint density at radius 1 is 1.19 bits per heavy atom. The minimum atomic E-state index is -0.0285. The molecule has 1 heterocycles. The maximum Gasteiger partial charge on any atom is 0.214 e. The normalized spacial score (nSPS) is 17.4. The van der Waals surface area contributed by atoms with Crippen LogP contribution in [0, 0.1) is 0 Å². The first-order valence-corrected chi connectivity index (χ1v) is 10.4. The van der Waals surface area contributed by atoms with Gasteiger partial charge >= 0.3 is 0 Å². The van der Waals surface area contributed by atoms with Crippen LogP contribution < -0.4 is 4.74 Å². The topological polar surface area (TPSA) is 69.9 Å². The van der Waals surface area contributed by atoms with Crippen molar-refractivity contribution in [2.75, 3.05) is 6.61 Å². The summed E-state index contributed by atoms with van der Waals surface area (Å²) in [6.07, 6.45) is 8.44. The maximum atomic E-state index is 12.1. The molecule has 1 aromatic heterocycles. The smallest absolute Gasteiger partial charge is 0.214 e. The average molecular weight is 375 g/mol. The molecule has 26 heavy (non-hydrogen) atoms. The number of rotatable bonds is 9. The Balaban J connectivity index is 1.59. The molecule has 1 fully saturated rings. The molecule has 1 atom stereocenters. The number of thioether (sulfide) groups is 1. The van der Waals surface area contributed by atoms with Crippen LogP contribution in [-0.2, 0) is 4.79 Å². The molecule has 1 aromatic carbocycles. The Bertz CT molecular complexity index is 702. The lowest BCUT2D eigenvalue weighted by atomic mass is 9.99. The second kappa shape index (κ2) is 9.71. The van der Waals surface area contributed by atoms with Gasteiger partial charge in [-0.15, -0.1) is 5.10 Å². The van der Waals surface area contributed by atoms with Crippen LogP contribution in [-0.4, -0.2) is 37.8 Å². The Kier molecular flexibility index (Phi) is 7.05. The standard InChI is InChI=1S/C19H26N4O2S/c1-2-3-4-7-14-25-16-12-10-15(11-13-16)23-19(20-21-22-23)26-18-9-6-5-8-17(18)24/h10-13,18H,2-9,14H2,1H3. The van der Waals surface area contributed by atoms with E-state index < -0.39 is 0 Å². The number of ketones is 1. The lowest BCUT2D eigenvalue weighted by Crippen LogP contribution is -2.21. The summed E-state index contributed by atoms with van der Waals surface area (Å²) in [6.45, 7) is 2.95. The third kappa shape index (κ3) is 5.06. The van der Waals surface area contributed by atoms with Gasteiger partial charge in [-0.2, -0.15) is 4.68 Å². The zero-order valence-corrected chi connectivity index (χ0v) is 16.1. The molecule has 0 spiro atoms. The highest BCUT2D eigenvalue weighted by molar-refractivity contribution is 8.00. The van der Waals surface area contributed by atoms with Gasteiger partial charge in [0.1, 0.15) is 11.5 Å². The fourth-order valence-corrected chi connectivity index (χ4v) is 4.13. The first-order valence-electron chi connectivity index (χ1n) is 9.49. The van der Waals surface area contributed by atoms with Gasteiger partial charge in [0.15, 0.2) is 0 Å². The van der Waals surface area contributed by atoms with Crippen molar-refractivity contribution in [2.45, 2.75) is 68.7 Å². The lowest BCUT2D eigenvalue weighted by Gasteiger charge is -2.19. The van der Waals surface area contributed by atoms with Crippen molar-refractivity contribution in [1.82, 2.24) is 20.2 Å². The summed E-state index contributed by atoms with van der Waals surface area (Å²) in [5.41, 5.74) is 0.874. The van der Waals surface area contributed by atoms with E-state index in [9.17, 15) is 4.79 Å². The van der Waals surface area contributed by atoms with E-state index in [2.05, 4.69) is 22.4 Å². The molecule has 6 nitrogen and oxygen atoms in total. The Morgan fingerprint density at radius 2 is 2.04 bits per heavy atom. The van der Waals surface area contributed by atoms with Gasteiger partial charge < -0.3 is 4.74 Å². The molecule has 0 bridgehead atoms. The molecular weight excluding hydrogens is 348 g/mol. The first kappa shape index (κ1) is 18.9. The van der Waals surface area contributed by atoms with Gasteiger partial charge in [-0.1, -0.05) is 44.4 Å². The van der Waals surface area contributed by atoms with Gasteiger partial charge in [0.25, 0.3) is 0 Å². The Morgan fingerprint density at radius 3 is 2.81 bits per heavy atom. The van der Waals surface area contributed by atoms with E-state index in [-0.39, 0.29) is 5.25 Å². The van der Waals surface area contributed by atoms with E-state index in [1.807, 2.05) is 24.3 Å². The zero-order valence-electron chi connectivity index (χ0n) is 15.3. The SMILES string of the molecule is CCCCCCOc1ccc(-n2nnnc2SC2CCCCC2=O)cc1. The van der Waals surface area contributed by atoms with Gasteiger partial charge in [-0.25, -0.2) is 0 Å². The largest absolute Gasteiger partial charge is 0.494 e. The number of carbonyl (C=O) groups is 1. The fourth-order valence-electron chi connectivity index (χ4n) is 3.02. The van der Waals surface area contributed by atoms with Crippen molar-refractivity contribution in [1.29, 1.82) is 0 Å². The van der Waals surface area contributed by atoms with Crippen molar-refractivity contribution >= 4 is 17.5 Å². The number of carbonyl (C=O) groups excluding carboxylic acids is 1. The summed E-state index contributed by atoms with van der Waals surface area (Å²) in [7, 11) is 0. The molecule has 1 aliphatic rings. The number of tetrazole rings is 1. The monoisotopic (exact) mass is 374 g/mol. The molecule has 1 saturated carbocycles. The molecule has 0 saturated heterocycles. The van der Waals surface area contributed by atoms with Crippen LogP contribution in [0.5, 0.6) is 5.75 Å². The summed E-state index contributed by atoms with van der Waals surface area (Å²) >= 11 is 1.47. The third-order valence-corrected chi connectivity index (χ3v) is 5.78. The molecule has 0 N–H and O–H groups in total. The van der Waals surface area contributed by atoms with E-state index in [4.69, 9.17) is 4.74 Å². The second-order valence-corrected chi connectivity index (χ2v) is 7.76. The van der Waals surface area contributed by atoms with E-state index in [1.165, 1.54) is 31.0 Å². The molecule has 1 aliphatic carbocycles. The highest BCUT2D eigenvalue weighted by Crippen LogP contribution is 2.31. The van der Waals surface area contributed by atoms with E-state index in [0.717, 1.165) is 43.7 Å². The van der Waals surface area contributed by atoms with E-state index in [0.29, 0.717) is 17.4 Å². The average Bonchev–Trinajstić information content (AvgIpc) is 3.12. The summed E-state index contributed by atoms with van der Waals surface area (Å²) in [4.78, 5) is 12.1. The number of ether oxygens (including phenoxy) is 1. The summed E-state index contributed by atoms with van der Waals surface area (Å²) in [5.74, 6) is 1.16. The predicted octanol–water partition coefficient (Wildman–Crippen LogP) is 4.23. The first-order chi connectivity index (χ1) is 12.8. The zero-order chi connectivity index (χ0) is 18.2. The minimum absolute atomic E-state index is 0.0285. The molecule has 7 heteroatoms. The molecule has 2 aromatic rings. The van der Waals surface area contributed by atoms with Crippen molar-refractivity contribution in [2.24, 2.45) is 0 Å². The van der Waals surface area contributed by atoms with Crippen LogP contribution in [0.25, 0.3) is 5.69 Å². The summed E-state index contributed by atoms with van der Waals surface area (Å²) in [6, 6.07) is 7.78. The van der Waals surface area contributed by atoms with Crippen molar-refractivity contribution in [3.8, 4) is 11.4 Å². The summed E-state index contributed by atoms with van der Waals surface area (Å²) < 4.78 is 7.47. The minimum Gasteiger partial charge on any atom is -0.494 e. The highest BCUT2D eigenvalue weighted by Gasteiger charge is 2.25. The molecule has 0 amide bonds. The van der Waals surface area contributed by atoms with Crippen LogP contribution in [0.3, 0.4) is 0 Å². The van der Waals surface area contributed by atoms with Crippen LogP contribution in [0.1, 0.15) is 58.3 Å². The van der Waals surface area contributed by atoms with Crippen LogP contribution in [0.15, 0.2) is 29.4 Å². The second-order valence-electron chi connectivity index (χ2n) is 6.59. The fraction of sp³-hybridized carbons (Fsp3) is 0.579. The number of aromatic nitrogens is 4. The van der Waals surface area contributed by atoms with E-state index >= 15 is 0 Å². The molecule has 3 rings (SSSR count). The van der Waals surface area contributed by atoms with Crippen LogP contribution in [0.4, 0.5) is 0 Å². The maximum absolute atomic E-state index is 12.1. The number of hydrogen-bond donors (Lipinski definition) is 0. The summed E-state index contributed by atoms with van der Waals surface area (Å²) in [5, 5.41) is 12.6. The number of Topliss-reactive ketones (excluding diaryl/α,β-unsaturated/α-hetero) is 1. The van der Waals surface area contributed by atoms with Gasteiger partial charge in [-0.05, 0) is 54.0 Å². The third-order valence-electron chi connectivity index (χ3n) is 4.54. The quantitative estimate of drug-likeness (QED) is 0.612. The van der Waals surface area contributed by atoms with Crippen molar-refractivity contribution in [3.63, 3.8) is 0 Å². The predicted molar refractivity (Wildman–Crippen MR) is 102 cm³/mol. The molecular formula is C19H26N4O2S. The molecule has 0 aliphatic heterocycles. The highest BCUT2D eigenvalue weighted by atomic mass is 32.2. The van der Waals surface area contributed by atoms with Gasteiger partial charge in [-0.3, -0.25) is 4.79 Å². The molecule has 1 unspecified atom stereocenters. The van der Waals surface area contributed by atoms with Gasteiger partial charge in [0.2, 0.25) is 5.16 Å². The number of hydrogen-bond acceptors (Lipinski definition) is 6. The van der Waals surface area contributed by atoms with Crippen LogP contribution in [0.2, 0.25) is 0 Å². The number of unbranched alkanes of at least 4 members (excludes halogenated alkanes) is 3. The number of nitrogens with zero attached hydrogens (tertiary/aromatic N) is 4. The number of benzene rings is 1. The van der Waals surface area contributed by atoms with Gasteiger partial charge in [0.05, 0.1) is 17.5 Å². The molecule has 140 valence electrons. The van der Waals surface area contributed by atoms with Gasteiger partial charge in [0, 0.05) is 6.42 Å². The lowest BCUT2D eigenvalue weighted by molar-refractivity contribution is -0.119.